The number of fused-ring (bicyclic) bond motifs is 1. The van der Waals surface area contributed by atoms with Crippen molar-refractivity contribution in [2.45, 2.75) is 31.8 Å². The maximum Gasteiger partial charge on any atom is 0.240 e. The van der Waals surface area contributed by atoms with Gasteiger partial charge in [-0.1, -0.05) is 23.2 Å². The molecule has 3 rings (SSSR count). The lowest BCUT2D eigenvalue weighted by Gasteiger charge is -2.31. The summed E-state index contributed by atoms with van der Waals surface area (Å²) in [5.74, 6) is 0.203. The number of benzene rings is 1. The molecule has 6 heteroatoms. The second-order valence-electron chi connectivity index (χ2n) is 5.18. The number of carbonyl (C=O) groups excluding carboxylic acids is 1. The van der Waals surface area contributed by atoms with Gasteiger partial charge in [0.25, 0.3) is 0 Å². The molecule has 0 aliphatic carbocycles. The van der Waals surface area contributed by atoms with Gasteiger partial charge in [-0.05, 0) is 49.1 Å². The van der Waals surface area contributed by atoms with Crippen molar-refractivity contribution in [3.8, 4) is 0 Å². The summed E-state index contributed by atoms with van der Waals surface area (Å²) in [6.45, 7) is 2.29. The highest BCUT2D eigenvalue weighted by atomic mass is 35.5. The molecule has 1 unspecified atom stereocenters. The van der Waals surface area contributed by atoms with E-state index in [0.717, 1.165) is 37.9 Å². The first-order valence-electron chi connectivity index (χ1n) is 6.64. The minimum atomic E-state index is -0.00683. The lowest BCUT2D eigenvalue weighted by atomic mass is 9.99. The zero-order valence-corrected chi connectivity index (χ0v) is 13.3. The lowest BCUT2D eigenvalue weighted by Crippen LogP contribution is -2.45. The predicted molar refractivity (Wildman–Crippen MR) is 83.9 cm³/mol. The summed E-state index contributed by atoms with van der Waals surface area (Å²) in [6, 6.07) is 3.70. The second-order valence-corrected chi connectivity index (χ2v) is 6.03. The molecule has 2 aliphatic heterocycles. The first-order chi connectivity index (χ1) is 9.15. The van der Waals surface area contributed by atoms with E-state index in [1.807, 2.05) is 11.0 Å². The van der Waals surface area contributed by atoms with E-state index in [9.17, 15) is 4.79 Å². The van der Waals surface area contributed by atoms with Gasteiger partial charge in [-0.3, -0.25) is 4.79 Å². The summed E-state index contributed by atoms with van der Waals surface area (Å²) in [4.78, 5) is 14.3. The van der Waals surface area contributed by atoms with Gasteiger partial charge in [-0.15, -0.1) is 12.4 Å². The summed E-state index contributed by atoms with van der Waals surface area (Å²) in [6.07, 6.45) is 2.85. The number of hydrogen-bond donors (Lipinski definition) is 1. The fraction of sp³-hybridized carbons (Fsp3) is 0.500. The fourth-order valence-corrected chi connectivity index (χ4v) is 3.48. The van der Waals surface area contributed by atoms with E-state index in [1.165, 1.54) is 5.56 Å². The molecule has 1 atom stereocenters. The average molecular weight is 336 g/mol. The maximum absolute atomic E-state index is 12.4. The topological polar surface area (TPSA) is 32.3 Å². The number of nitrogens with zero attached hydrogens (tertiary/aromatic N) is 1. The molecule has 20 heavy (non-hydrogen) atoms. The Labute approximate surface area is 135 Å². The van der Waals surface area contributed by atoms with E-state index >= 15 is 0 Å². The summed E-state index contributed by atoms with van der Waals surface area (Å²) in [7, 11) is 0. The van der Waals surface area contributed by atoms with Gasteiger partial charge >= 0.3 is 0 Å². The third-order valence-electron chi connectivity index (χ3n) is 3.92. The standard InChI is InChI=1S/C14H16Cl2N2O.ClH/c15-10-6-9-3-5-18(8-11(9)12(16)7-10)14(19)13-2-1-4-17-13;/h6-7,13,17H,1-5,8H2;1H. The van der Waals surface area contributed by atoms with E-state index in [2.05, 4.69) is 5.32 Å². The van der Waals surface area contributed by atoms with Crippen LogP contribution in [-0.2, 0) is 17.8 Å². The summed E-state index contributed by atoms with van der Waals surface area (Å²) in [5, 5.41) is 4.59. The largest absolute Gasteiger partial charge is 0.337 e. The van der Waals surface area contributed by atoms with Crippen molar-refractivity contribution < 1.29 is 4.79 Å². The monoisotopic (exact) mass is 334 g/mol. The van der Waals surface area contributed by atoms with Gasteiger partial charge in [0.15, 0.2) is 0 Å². The SMILES string of the molecule is Cl.O=C(C1CCCN1)N1CCc2cc(Cl)cc(Cl)c2C1. The third-order valence-corrected chi connectivity index (χ3v) is 4.48. The van der Waals surface area contributed by atoms with E-state index in [4.69, 9.17) is 23.2 Å². The highest BCUT2D eigenvalue weighted by molar-refractivity contribution is 6.35. The van der Waals surface area contributed by atoms with Crippen LogP contribution in [-0.4, -0.2) is 29.9 Å². The molecule has 0 bridgehead atoms. The Balaban J connectivity index is 0.00000147. The van der Waals surface area contributed by atoms with E-state index in [1.54, 1.807) is 6.07 Å². The lowest BCUT2D eigenvalue weighted by molar-refractivity contribution is -0.134. The summed E-state index contributed by atoms with van der Waals surface area (Å²) < 4.78 is 0. The molecule has 1 N–H and O–H groups in total. The second kappa shape index (κ2) is 6.52. The first kappa shape index (κ1) is 15.9. The Kier molecular flexibility index (Phi) is 5.19. The Morgan fingerprint density at radius 3 is 2.85 bits per heavy atom. The summed E-state index contributed by atoms with van der Waals surface area (Å²) in [5.41, 5.74) is 2.21. The molecule has 0 radical (unpaired) electrons. The molecule has 2 aliphatic rings. The molecule has 0 saturated carbocycles. The van der Waals surface area contributed by atoms with Crippen molar-refractivity contribution in [2.75, 3.05) is 13.1 Å². The van der Waals surface area contributed by atoms with E-state index in [0.29, 0.717) is 16.6 Å². The van der Waals surface area contributed by atoms with Crippen molar-refractivity contribution >= 4 is 41.5 Å². The molecule has 110 valence electrons. The zero-order valence-electron chi connectivity index (χ0n) is 11.0. The van der Waals surface area contributed by atoms with Crippen molar-refractivity contribution in [1.82, 2.24) is 10.2 Å². The Morgan fingerprint density at radius 1 is 1.35 bits per heavy atom. The first-order valence-corrected chi connectivity index (χ1v) is 7.40. The predicted octanol–water partition coefficient (Wildman–Crippen LogP) is 3.05. The van der Waals surface area contributed by atoms with Gasteiger partial charge in [0.2, 0.25) is 5.91 Å². The molecule has 3 nitrogen and oxygen atoms in total. The van der Waals surface area contributed by atoms with E-state index in [-0.39, 0.29) is 24.4 Å². The van der Waals surface area contributed by atoms with Crippen LogP contribution in [0, 0.1) is 0 Å². The number of rotatable bonds is 1. The fourth-order valence-electron chi connectivity index (χ4n) is 2.89. The normalized spacial score (nSPS) is 21.3. The molecule has 1 aromatic rings. The Bertz CT molecular complexity index is 515. The number of hydrogen-bond acceptors (Lipinski definition) is 2. The van der Waals surface area contributed by atoms with Gasteiger partial charge in [0, 0.05) is 23.1 Å². The van der Waals surface area contributed by atoms with Gasteiger partial charge < -0.3 is 10.2 Å². The van der Waals surface area contributed by atoms with Crippen LogP contribution in [0.25, 0.3) is 0 Å². The molecule has 1 fully saturated rings. The molecule has 2 heterocycles. The van der Waals surface area contributed by atoms with Crippen LogP contribution in [0.5, 0.6) is 0 Å². The third kappa shape index (κ3) is 3.06. The average Bonchev–Trinajstić information content (AvgIpc) is 2.91. The van der Waals surface area contributed by atoms with E-state index < -0.39 is 0 Å². The van der Waals surface area contributed by atoms with Crippen molar-refractivity contribution in [3.05, 3.63) is 33.3 Å². The molecule has 1 saturated heterocycles. The Hall–Kier alpha value is -0.480. The Morgan fingerprint density at radius 2 is 2.15 bits per heavy atom. The van der Waals surface area contributed by atoms with Crippen LogP contribution >= 0.6 is 35.6 Å². The number of amides is 1. The quantitative estimate of drug-likeness (QED) is 0.855. The molecule has 0 spiro atoms. The van der Waals surface area contributed by atoms with Gasteiger partial charge in [0.1, 0.15) is 0 Å². The van der Waals surface area contributed by atoms with Crippen molar-refractivity contribution in [1.29, 1.82) is 0 Å². The van der Waals surface area contributed by atoms with Crippen molar-refractivity contribution in [3.63, 3.8) is 0 Å². The minimum absolute atomic E-state index is 0. The molecule has 0 aromatic heterocycles. The minimum Gasteiger partial charge on any atom is -0.337 e. The van der Waals surface area contributed by atoms with Gasteiger partial charge in [-0.25, -0.2) is 0 Å². The maximum atomic E-state index is 12.4. The highest BCUT2D eigenvalue weighted by Crippen LogP contribution is 2.30. The van der Waals surface area contributed by atoms with Crippen LogP contribution in [0.1, 0.15) is 24.0 Å². The molecule has 1 amide bonds. The van der Waals surface area contributed by atoms with Crippen LogP contribution < -0.4 is 5.32 Å². The molecule has 1 aromatic carbocycles. The molecular weight excluding hydrogens is 319 g/mol. The van der Waals surface area contributed by atoms with Crippen molar-refractivity contribution in [2.24, 2.45) is 0 Å². The highest BCUT2D eigenvalue weighted by Gasteiger charge is 2.29. The van der Waals surface area contributed by atoms with Crippen LogP contribution in [0.2, 0.25) is 10.0 Å². The molecular formula is C14H17Cl3N2O. The van der Waals surface area contributed by atoms with Gasteiger partial charge in [0.05, 0.1) is 6.04 Å². The van der Waals surface area contributed by atoms with Crippen LogP contribution in [0.3, 0.4) is 0 Å². The number of carbonyl (C=O) groups is 1. The summed E-state index contributed by atoms with van der Waals surface area (Å²) >= 11 is 12.2. The van der Waals surface area contributed by atoms with Crippen LogP contribution in [0.15, 0.2) is 12.1 Å². The zero-order chi connectivity index (χ0) is 13.4. The van der Waals surface area contributed by atoms with Gasteiger partial charge in [-0.2, -0.15) is 0 Å². The smallest absolute Gasteiger partial charge is 0.240 e. The van der Waals surface area contributed by atoms with Crippen LogP contribution in [0.4, 0.5) is 0 Å². The number of nitrogens with one attached hydrogen (secondary N) is 1. The number of halogens is 3.